The molecule has 0 spiro atoms. The summed E-state index contributed by atoms with van der Waals surface area (Å²) in [7, 11) is -3.69. The quantitative estimate of drug-likeness (QED) is 0.744. The highest BCUT2D eigenvalue weighted by atomic mass is 32.2. The van der Waals surface area contributed by atoms with Crippen molar-refractivity contribution in [2.45, 2.75) is 17.9 Å². The smallest absolute Gasteiger partial charge is 0.315 e. The van der Waals surface area contributed by atoms with Gasteiger partial charge in [-0.3, -0.25) is 0 Å². The maximum Gasteiger partial charge on any atom is 0.315 e. The molecule has 0 fully saturated rings. The number of sulfonamides is 1. The standard InChI is InChI=1S/C16H19N3O3S/c17-23(21,22)15-8-6-14(7-9-15)12-19-16(20)18-11-10-13-4-2-1-3-5-13/h1-9H,10-12H2,(H2,17,21,22)(H2,18,19,20). The zero-order chi connectivity index (χ0) is 16.7. The van der Waals surface area contributed by atoms with Gasteiger partial charge in [0.15, 0.2) is 0 Å². The van der Waals surface area contributed by atoms with Crippen molar-refractivity contribution < 1.29 is 13.2 Å². The number of urea groups is 1. The summed E-state index contributed by atoms with van der Waals surface area (Å²) in [6, 6.07) is 15.7. The molecule has 7 heteroatoms. The van der Waals surface area contributed by atoms with E-state index in [-0.39, 0.29) is 10.9 Å². The molecule has 0 aromatic heterocycles. The minimum atomic E-state index is -3.69. The van der Waals surface area contributed by atoms with Crippen LogP contribution in [0.1, 0.15) is 11.1 Å². The van der Waals surface area contributed by atoms with Crippen LogP contribution in [0.4, 0.5) is 4.79 Å². The van der Waals surface area contributed by atoms with Gasteiger partial charge in [0.2, 0.25) is 10.0 Å². The molecule has 2 rings (SSSR count). The fourth-order valence-corrected chi connectivity index (χ4v) is 2.52. The first-order valence-corrected chi connectivity index (χ1v) is 8.67. The number of hydrogen-bond acceptors (Lipinski definition) is 3. The molecule has 2 amide bonds. The van der Waals surface area contributed by atoms with E-state index in [1.165, 1.54) is 12.1 Å². The van der Waals surface area contributed by atoms with Crippen LogP contribution in [0.3, 0.4) is 0 Å². The zero-order valence-corrected chi connectivity index (χ0v) is 13.3. The van der Waals surface area contributed by atoms with E-state index >= 15 is 0 Å². The molecule has 122 valence electrons. The lowest BCUT2D eigenvalue weighted by Crippen LogP contribution is -2.36. The normalized spacial score (nSPS) is 11.0. The summed E-state index contributed by atoms with van der Waals surface area (Å²) in [4.78, 5) is 11.7. The van der Waals surface area contributed by atoms with Crippen LogP contribution >= 0.6 is 0 Å². The average Bonchev–Trinajstić information content (AvgIpc) is 2.53. The predicted molar refractivity (Wildman–Crippen MR) is 88.2 cm³/mol. The van der Waals surface area contributed by atoms with Gasteiger partial charge in [0.1, 0.15) is 0 Å². The van der Waals surface area contributed by atoms with Crippen molar-refractivity contribution in [1.29, 1.82) is 0 Å². The Morgan fingerprint density at radius 2 is 1.57 bits per heavy atom. The highest BCUT2D eigenvalue weighted by molar-refractivity contribution is 7.89. The molecule has 4 N–H and O–H groups in total. The van der Waals surface area contributed by atoms with E-state index in [1.54, 1.807) is 12.1 Å². The summed E-state index contributed by atoms with van der Waals surface area (Å²) >= 11 is 0. The van der Waals surface area contributed by atoms with Crippen molar-refractivity contribution in [2.75, 3.05) is 6.54 Å². The highest BCUT2D eigenvalue weighted by Crippen LogP contribution is 2.08. The Morgan fingerprint density at radius 3 is 2.17 bits per heavy atom. The number of nitrogens with one attached hydrogen (secondary N) is 2. The van der Waals surface area contributed by atoms with Gasteiger partial charge in [-0.2, -0.15) is 0 Å². The Kier molecular flexibility index (Phi) is 5.72. The number of hydrogen-bond donors (Lipinski definition) is 3. The van der Waals surface area contributed by atoms with Gasteiger partial charge in [-0.15, -0.1) is 0 Å². The molecule has 0 aliphatic carbocycles. The minimum Gasteiger partial charge on any atom is -0.338 e. The van der Waals surface area contributed by atoms with Crippen LogP contribution in [-0.2, 0) is 23.0 Å². The second kappa shape index (κ2) is 7.75. The van der Waals surface area contributed by atoms with Crippen LogP contribution in [0.5, 0.6) is 0 Å². The van der Waals surface area contributed by atoms with Gasteiger partial charge in [0.25, 0.3) is 0 Å². The molecule has 0 saturated carbocycles. The van der Waals surface area contributed by atoms with Crippen LogP contribution in [-0.4, -0.2) is 21.0 Å². The molecule has 0 atom stereocenters. The Hall–Kier alpha value is -2.38. The van der Waals surface area contributed by atoms with E-state index in [4.69, 9.17) is 5.14 Å². The van der Waals surface area contributed by atoms with Crippen molar-refractivity contribution in [3.8, 4) is 0 Å². The molecule has 0 bridgehead atoms. The van der Waals surface area contributed by atoms with E-state index in [1.807, 2.05) is 30.3 Å². The number of carbonyl (C=O) groups excluding carboxylic acids is 1. The lowest BCUT2D eigenvalue weighted by atomic mass is 10.1. The maximum absolute atomic E-state index is 11.7. The van der Waals surface area contributed by atoms with Crippen molar-refractivity contribution in [2.24, 2.45) is 5.14 Å². The molecule has 0 heterocycles. The predicted octanol–water partition coefficient (Wildman–Crippen LogP) is 1.38. The molecular weight excluding hydrogens is 314 g/mol. The number of primary sulfonamides is 1. The van der Waals surface area contributed by atoms with Crippen molar-refractivity contribution in [3.63, 3.8) is 0 Å². The fraction of sp³-hybridized carbons (Fsp3) is 0.188. The van der Waals surface area contributed by atoms with Crippen molar-refractivity contribution in [1.82, 2.24) is 10.6 Å². The number of carbonyl (C=O) groups is 1. The largest absolute Gasteiger partial charge is 0.338 e. The summed E-state index contributed by atoms with van der Waals surface area (Å²) in [6.45, 7) is 0.849. The average molecular weight is 333 g/mol. The minimum absolute atomic E-state index is 0.0496. The Bertz CT molecular complexity index is 744. The van der Waals surface area contributed by atoms with E-state index in [0.717, 1.165) is 17.5 Å². The third kappa shape index (κ3) is 5.72. The molecular formula is C16H19N3O3S. The fourth-order valence-electron chi connectivity index (χ4n) is 2.01. The summed E-state index contributed by atoms with van der Waals surface area (Å²) in [5, 5.41) is 10.5. The van der Waals surface area contributed by atoms with Crippen molar-refractivity contribution in [3.05, 3.63) is 65.7 Å². The van der Waals surface area contributed by atoms with Crippen LogP contribution in [0.15, 0.2) is 59.5 Å². The molecule has 0 saturated heterocycles. The van der Waals surface area contributed by atoms with Crippen LogP contribution < -0.4 is 15.8 Å². The summed E-state index contributed by atoms with van der Waals surface area (Å²) in [6.07, 6.45) is 0.761. The first-order chi connectivity index (χ1) is 10.9. The van der Waals surface area contributed by atoms with Gasteiger partial charge in [-0.1, -0.05) is 42.5 Å². The molecule has 0 aliphatic rings. The zero-order valence-electron chi connectivity index (χ0n) is 12.5. The van der Waals surface area contributed by atoms with Crippen LogP contribution in [0.2, 0.25) is 0 Å². The number of amides is 2. The van der Waals surface area contributed by atoms with E-state index in [2.05, 4.69) is 10.6 Å². The lowest BCUT2D eigenvalue weighted by Gasteiger charge is -2.08. The third-order valence-corrected chi connectivity index (χ3v) is 4.18. The maximum atomic E-state index is 11.7. The Labute approximate surface area is 135 Å². The second-order valence-electron chi connectivity index (χ2n) is 5.03. The lowest BCUT2D eigenvalue weighted by molar-refractivity contribution is 0.240. The van der Waals surface area contributed by atoms with Gasteiger partial charge >= 0.3 is 6.03 Å². The summed E-state index contributed by atoms with van der Waals surface area (Å²) in [5.74, 6) is 0. The molecule has 0 unspecified atom stereocenters. The molecule has 2 aromatic carbocycles. The monoisotopic (exact) mass is 333 g/mol. The van der Waals surface area contributed by atoms with Crippen LogP contribution in [0.25, 0.3) is 0 Å². The van der Waals surface area contributed by atoms with Gasteiger partial charge in [-0.25, -0.2) is 18.4 Å². The number of benzene rings is 2. The second-order valence-corrected chi connectivity index (χ2v) is 6.60. The van der Waals surface area contributed by atoms with Gasteiger partial charge < -0.3 is 10.6 Å². The van der Waals surface area contributed by atoms with E-state index < -0.39 is 10.0 Å². The summed E-state index contributed by atoms with van der Waals surface area (Å²) in [5.41, 5.74) is 1.95. The van der Waals surface area contributed by atoms with E-state index in [9.17, 15) is 13.2 Å². The number of nitrogens with two attached hydrogens (primary N) is 1. The topological polar surface area (TPSA) is 101 Å². The Balaban J connectivity index is 1.74. The molecule has 6 nitrogen and oxygen atoms in total. The molecule has 0 radical (unpaired) electrons. The highest BCUT2D eigenvalue weighted by Gasteiger charge is 2.07. The Morgan fingerprint density at radius 1 is 0.913 bits per heavy atom. The molecule has 0 aliphatic heterocycles. The van der Waals surface area contributed by atoms with Crippen molar-refractivity contribution >= 4 is 16.1 Å². The van der Waals surface area contributed by atoms with Gasteiger partial charge in [-0.05, 0) is 29.7 Å². The summed E-state index contributed by atoms with van der Waals surface area (Å²) < 4.78 is 22.3. The SMILES string of the molecule is NS(=O)(=O)c1ccc(CNC(=O)NCCc2ccccc2)cc1. The van der Waals surface area contributed by atoms with Gasteiger partial charge in [0, 0.05) is 13.1 Å². The number of rotatable bonds is 6. The first-order valence-electron chi connectivity index (χ1n) is 7.12. The molecule has 23 heavy (non-hydrogen) atoms. The van der Waals surface area contributed by atoms with E-state index in [0.29, 0.717) is 13.1 Å². The van der Waals surface area contributed by atoms with Crippen LogP contribution in [0, 0.1) is 0 Å². The first kappa shape index (κ1) is 17.0. The third-order valence-electron chi connectivity index (χ3n) is 3.25. The molecule has 2 aromatic rings. The van der Waals surface area contributed by atoms with Gasteiger partial charge in [0.05, 0.1) is 4.90 Å².